The first kappa shape index (κ1) is 24.1. The van der Waals surface area contributed by atoms with Crippen LogP contribution in [-0.2, 0) is 4.74 Å². The van der Waals surface area contributed by atoms with Crippen LogP contribution in [0.5, 0.6) is 11.5 Å². The third kappa shape index (κ3) is 5.08. The average Bonchev–Trinajstić information content (AvgIpc) is 2.70. The number of aliphatic hydroxyl groups is 3. The van der Waals surface area contributed by atoms with Crippen molar-refractivity contribution in [2.75, 3.05) is 6.61 Å². The quantitative estimate of drug-likeness (QED) is 0.507. The molecule has 3 rings (SSSR count). The number of hydrogen-bond donors (Lipinski definition) is 4. The highest BCUT2D eigenvalue weighted by molar-refractivity contribution is 5.57. The van der Waals surface area contributed by atoms with Crippen molar-refractivity contribution < 1.29 is 29.9 Å². The number of phenolic OH excluding ortho intramolecular Hbond substituents is 1. The summed E-state index contributed by atoms with van der Waals surface area (Å²) in [7, 11) is 0. The number of ether oxygens (including phenoxy) is 2. The fraction of sp³-hybridized carbons (Fsp3) is 0.680. The first-order chi connectivity index (χ1) is 14.6. The molecule has 1 aromatic carbocycles. The van der Waals surface area contributed by atoms with Gasteiger partial charge in [-0.15, -0.1) is 0 Å². The van der Waals surface area contributed by atoms with Gasteiger partial charge in [0.05, 0.1) is 6.61 Å². The summed E-state index contributed by atoms with van der Waals surface area (Å²) in [5.74, 6) is 1.44. The minimum Gasteiger partial charge on any atom is -0.504 e. The van der Waals surface area contributed by atoms with Gasteiger partial charge in [-0.05, 0) is 75.3 Å². The lowest BCUT2D eigenvalue weighted by molar-refractivity contribution is -0.242. The van der Waals surface area contributed by atoms with Crippen molar-refractivity contribution in [3.63, 3.8) is 0 Å². The van der Waals surface area contributed by atoms with Crippen LogP contribution in [0.1, 0.15) is 81.9 Å². The Morgan fingerprint density at radius 3 is 2.61 bits per heavy atom. The van der Waals surface area contributed by atoms with Gasteiger partial charge in [-0.2, -0.15) is 0 Å². The molecule has 0 amide bonds. The maximum absolute atomic E-state index is 11.2. The Bertz CT molecular complexity index is 800. The van der Waals surface area contributed by atoms with Crippen LogP contribution in [0.15, 0.2) is 17.7 Å². The van der Waals surface area contributed by atoms with Crippen molar-refractivity contribution in [2.45, 2.75) is 96.7 Å². The van der Waals surface area contributed by atoms with Crippen LogP contribution < -0.4 is 4.74 Å². The maximum Gasteiger partial charge on any atom is 0.229 e. The second kappa shape index (κ2) is 9.90. The smallest absolute Gasteiger partial charge is 0.229 e. The molecule has 0 aromatic heterocycles. The molecule has 0 spiro atoms. The Morgan fingerprint density at radius 2 is 1.94 bits per heavy atom. The fourth-order valence-electron chi connectivity index (χ4n) is 4.95. The van der Waals surface area contributed by atoms with Gasteiger partial charge in [0.2, 0.25) is 6.29 Å². The van der Waals surface area contributed by atoms with Crippen LogP contribution in [0.4, 0.5) is 0 Å². The van der Waals surface area contributed by atoms with Crippen molar-refractivity contribution >= 4 is 0 Å². The van der Waals surface area contributed by atoms with Crippen LogP contribution in [0.3, 0.4) is 0 Å². The number of allylic oxidation sites excluding steroid dienone is 2. The summed E-state index contributed by atoms with van der Waals surface area (Å²) in [6, 6.07) is 2.10. The summed E-state index contributed by atoms with van der Waals surface area (Å²) in [5, 5.41) is 41.0. The Balaban J connectivity index is 1.87. The van der Waals surface area contributed by atoms with Gasteiger partial charge in [0.25, 0.3) is 0 Å². The van der Waals surface area contributed by atoms with E-state index in [0.29, 0.717) is 11.8 Å². The van der Waals surface area contributed by atoms with Crippen molar-refractivity contribution in [3.05, 3.63) is 34.4 Å². The second-order valence-electron chi connectivity index (χ2n) is 9.66. The molecule has 174 valence electrons. The van der Waals surface area contributed by atoms with Crippen LogP contribution in [0, 0.1) is 12.8 Å². The highest BCUT2D eigenvalue weighted by atomic mass is 16.7. The molecule has 1 heterocycles. The molecule has 4 N–H and O–H groups in total. The Morgan fingerprint density at radius 1 is 1.23 bits per heavy atom. The van der Waals surface area contributed by atoms with E-state index in [0.717, 1.165) is 36.8 Å². The van der Waals surface area contributed by atoms with E-state index in [4.69, 9.17) is 9.47 Å². The van der Waals surface area contributed by atoms with Crippen molar-refractivity contribution in [1.82, 2.24) is 0 Å². The molecular formula is C25H38O6. The van der Waals surface area contributed by atoms with Crippen LogP contribution in [0.25, 0.3) is 0 Å². The third-order valence-corrected chi connectivity index (χ3v) is 6.86. The molecule has 31 heavy (non-hydrogen) atoms. The summed E-state index contributed by atoms with van der Waals surface area (Å²) < 4.78 is 11.2. The minimum absolute atomic E-state index is 0.0973. The molecule has 1 saturated heterocycles. The van der Waals surface area contributed by atoms with Crippen LogP contribution in [0.2, 0.25) is 0 Å². The number of aryl methyl sites for hydroxylation is 1. The SMILES string of the molecule is CC(C)=CCC[C@H](C)[C@H]1CC[C@H](C)c2c1cc(C)c(O[C@@H]1OC[C@@H](O)[C@@H](O)[C@@H]1O)c2O. The Labute approximate surface area is 185 Å². The van der Waals surface area contributed by atoms with E-state index < -0.39 is 24.6 Å². The van der Waals surface area contributed by atoms with Crippen molar-refractivity contribution in [2.24, 2.45) is 5.92 Å². The van der Waals surface area contributed by atoms with E-state index >= 15 is 0 Å². The summed E-state index contributed by atoms with van der Waals surface area (Å²) in [4.78, 5) is 0. The molecule has 0 bridgehead atoms. The lowest BCUT2D eigenvalue weighted by atomic mass is 9.70. The molecule has 0 saturated carbocycles. The topological polar surface area (TPSA) is 99.4 Å². The minimum atomic E-state index is -1.40. The molecule has 1 aromatic rings. The largest absolute Gasteiger partial charge is 0.504 e. The number of aromatic hydroxyl groups is 1. The first-order valence-electron chi connectivity index (χ1n) is 11.4. The lowest BCUT2D eigenvalue weighted by Crippen LogP contribution is -2.54. The highest BCUT2D eigenvalue weighted by Crippen LogP contribution is 2.51. The Kier molecular flexibility index (Phi) is 7.68. The standard InChI is InChI=1S/C25H38O6/c1-13(2)7-6-8-14(3)17-10-9-15(4)20-18(17)11-16(5)24(22(20)28)31-25-23(29)21(27)19(26)12-30-25/h7,11,14-15,17,19,21,23,25-29H,6,8-10,12H2,1-5H3/t14-,15-,17+,19+,21+,23-,25-/m0/s1. The van der Waals surface area contributed by atoms with Gasteiger partial charge in [0.1, 0.15) is 18.3 Å². The predicted molar refractivity (Wildman–Crippen MR) is 119 cm³/mol. The molecule has 7 atom stereocenters. The highest BCUT2D eigenvalue weighted by Gasteiger charge is 2.40. The van der Waals surface area contributed by atoms with Gasteiger partial charge in [0.15, 0.2) is 11.5 Å². The van der Waals surface area contributed by atoms with Crippen molar-refractivity contribution in [1.29, 1.82) is 0 Å². The number of aliphatic hydroxyl groups excluding tert-OH is 3. The molecule has 6 heteroatoms. The van der Waals surface area contributed by atoms with E-state index in [1.165, 1.54) is 11.1 Å². The molecule has 2 aliphatic rings. The monoisotopic (exact) mass is 434 g/mol. The third-order valence-electron chi connectivity index (χ3n) is 6.86. The zero-order valence-electron chi connectivity index (χ0n) is 19.3. The number of phenols is 1. The lowest BCUT2D eigenvalue weighted by Gasteiger charge is -2.37. The first-order valence-corrected chi connectivity index (χ1v) is 11.4. The maximum atomic E-state index is 11.2. The molecule has 0 radical (unpaired) electrons. The van der Waals surface area contributed by atoms with Gasteiger partial charge in [-0.25, -0.2) is 0 Å². The molecule has 1 fully saturated rings. The van der Waals surface area contributed by atoms with Crippen LogP contribution >= 0.6 is 0 Å². The van der Waals surface area contributed by atoms with E-state index in [1.807, 2.05) is 6.92 Å². The fourth-order valence-corrected chi connectivity index (χ4v) is 4.95. The van der Waals surface area contributed by atoms with E-state index in [9.17, 15) is 20.4 Å². The van der Waals surface area contributed by atoms with Gasteiger partial charge >= 0.3 is 0 Å². The number of benzene rings is 1. The van der Waals surface area contributed by atoms with E-state index in [-0.39, 0.29) is 24.0 Å². The van der Waals surface area contributed by atoms with Crippen molar-refractivity contribution in [3.8, 4) is 11.5 Å². The van der Waals surface area contributed by atoms with E-state index in [2.05, 4.69) is 39.8 Å². The summed E-state index contributed by atoms with van der Waals surface area (Å²) in [6.07, 6.45) is 1.45. The zero-order chi connectivity index (χ0) is 22.9. The second-order valence-corrected chi connectivity index (χ2v) is 9.66. The summed E-state index contributed by atoms with van der Waals surface area (Å²) in [5.41, 5.74) is 4.20. The van der Waals surface area contributed by atoms with E-state index in [1.54, 1.807) is 0 Å². The molecular weight excluding hydrogens is 396 g/mol. The van der Waals surface area contributed by atoms with Gasteiger partial charge < -0.3 is 29.9 Å². The number of fused-ring (bicyclic) bond motifs is 1. The predicted octanol–water partition coefficient (Wildman–Crippen LogP) is 3.88. The zero-order valence-corrected chi connectivity index (χ0v) is 19.3. The Hall–Kier alpha value is -1.60. The molecule has 1 aliphatic carbocycles. The van der Waals surface area contributed by atoms with Gasteiger partial charge in [-0.3, -0.25) is 0 Å². The van der Waals surface area contributed by atoms with Gasteiger partial charge in [0, 0.05) is 5.56 Å². The average molecular weight is 435 g/mol. The normalized spacial score (nSPS) is 31.6. The summed E-state index contributed by atoms with van der Waals surface area (Å²) >= 11 is 0. The molecule has 1 aliphatic heterocycles. The summed E-state index contributed by atoms with van der Waals surface area (Å²) in [6.45, 7) is 10.4. The number of hydrogen-bond acceptors (Lipinski definition) is 6. The van der Waals surface area contributed by atoms with Crippen LogP contribution in [-0.4, -0.2) is 51.6 Å². The molecule has 6 nitrogen and oxygen atoms in total. The molecule has 0 unspecified atom stereocenters. The number of rotatable bonds is 6. The van der Waals surface area contributed by atoms with Gasteiger partial charge in [-0.1, -0.05) is 31.6 Å².